The Bertz CT molecular complexity index is 518. The molecule has 0 saturated heterocycles. The Balaban J connectivity index is 2.35. The van der Waals surface area contributed by atoms with Crippen LogP contribution in [0.3, 0.4) is 0 Å². The molecule has 19 heavy (non-hydrogen) atoms. The van der Waals surface area contributed by atoms with E-state index in [0.29, 0.717) is 5.92 Å². The van der Waals surface area contributed by atoms with Crippen molar-refractivity contribution in [2.75, 3.05) is 0 Å². The molecule has 0 aliphatic rings. The predicted molar refractivity (Wildman–Crippen MR) is 79.0 cm³/mol. The molecule has 2 rings (SSSR count). The minimum Gasteiger partial charge on any atom is -0.271 e. The second-order valence-electron chi connectivity index (χ2n) is 4.87. The van der Waals surface area contributed by atoms with E-state index in [-0.39, 0.29) is 6.04 Å². The fourth-order valence-corrected chi connectivity index (χ4v) is 2.97. The van der Waals surface area contributed by atoms with Crippen LogP contribution in [0.25, 0.3) is 0 Å². The fourth-order valence-electron chi connectivity index (χ4n) is 2.07. The Kier molecular flexibility index (Phi) is 4.63. The summed E-state index contributed by atoms with van der Waals surface area (Å²) in [5.41, 5.74) is 6.38. The van der Waals surface area contributed by atoms with Gasteiger partial charge in [0.25, 0.3) is 0 Å². The van der Waals surface area contributed by atoms with Gasteiger partial charge in [-0.15, -0.1) is 5.10 Å². The number of nitrogens with zero attached hydrogens (tertiary/aromatic N) is 2. The maximum absolute atomic E-state index is 5.74. The zero-order valence-corrected chi connectivity index (χ0v) is 12.4. The van der Waals surface area contributed by atoms with Crippen LogP contribution < -0.4 is 11.3 Å². The number of benzene rings is 1. The van der Waals surface area contributed by atoms with Crippen LogP contribution in [-0.2, 0) is 6.42 Å². The van der Waals surface area contributed by atoms with Crippen molar-refractivity contribution in [3.8, 4) is 0 Å². The third-order valence-electron chi connectivity index (χ3n) is 3.24. The van der Waals surface area contributed by atoms with E-state index in [4.69, 9.17) is 5.84 Å². The summed E-state index contributed by atoms with van der Waals surface area (Å²) in [6.07, 6.45) is 1.04. The lowest BCUT2D eigenvalue weighted by Crippen LogP contribution is -2.29. The number of rotatable bonds is 5. The van der Waals surface area contributed by atoms with Gasteiger partial charge in [-0.3, -0.25) is 5.84 Å². The fraction of sp³-hybridized carbons (Fsp3) is 0.429. The van der Waals surface area contributed by atoms with Gasteiger partial charge in [-0.25, -0.2) is 5.43 Å². The van der Waals surface area contributed by atoms with E-state index in [0.717, 1.165) is 22.6 Å². The first-order valence-corrected chi connectivity index (χ1v) is 7.31. The van der Waals surface area contributed by atoms with Crippen LogP contribution in [0.15, 0.2) is 24.3 Å². The third kappa shape index (κ3) is 3.00. The van der Waals surface area contributed by atoms with Gasteiger partial charge in [0.05, 0.1) is 16.6 Å². The molecule has 1 atom stereocenters. The molecule has 2 aromatic rings. The molecular formula is C14H20N4S. The van der Waals surface area contributed by atoms with Crippen molar-refractivity contribution >= 4 is 11.5 Å². The molecule has 0 amide bonds. The van der Waals surface area contributed by atoms with Crippen molar-refractivity contribution in [1.29, 1.82) is 0 Å². The molecule has 0 saturated carbocycles. The minimum absolute atomic E-state index is 0.0386. The van der Waals surface area contributed by atoms with E-state index < -0.39 is 0 Å². The topological polar surface area (TPSA) is 63.8 Å². The highest BCUT2D eigenvalue weighted by Crippen LogP contribution is 2.30. The summed E-state index contributed by atoms with van der Waals surface area (Å²) in [6, 6.07) is 8.48. The Hall–Kier alpha value is -1.30. The van der Waals surface area contributed by atoms with E-state index in [1.165, 1.54) is 17.1 Å². The summed E-state index contributed by atoms with van der Waals surface area (Å²) in [7, 11) is 0. The number of aryl methyl sites for hydroxylation is 1. The SMILES string of the molecule is CCc1ccc(C(NN)c2snnc2C(C)C)cc1. The van der Waals surface area contributed by atoms with Gasteiger partial charge in [0, 0.05) is 0 Å². The van der Waals surface area contributed by atoms with Gasteiger partial charge in [-0.1, -0.05) is 49.5 Å². The molecule has 102 valence electrons. The Morgan fingerprint density at radius 2 is 1.95 bits per heavy atom. The monoisotopic (exact) mass is 276 g/mol. The average Bonchev–Trinajstić information content (AvgIpc) is 2.90. The highest BCUT2D eigenvalue weighted by molar-refractivity contribution is 7.05. The number of hydrazine groups is 1. The standard InChI is InChI=1S/C14H20N4S/c1-4-10-5-7-11(8-6-10)13(16-15)14-12(9(2)3)17-18-19-14/h5-9,13,16H,4,15H2,1-3H3. The van der Waals surface area contributed by atoms with E-state index in [2.05, 4.69) is 60.0 Å². The third-order valence-corrected chi connectivity index (χ3v) is 4.04. The number of nitrogens with one attached hydrogen (secondary N) is 1. The van der Waals surface area contributed by atoms with Crippen LogP contribution in [0.1, 0.15) is 54.4 Å². The maximum atomic E-state index is 5.74. The molecular weight excluding hydrogens is 256 g/mol. The van der Waals surface area contributed by atoms with Crippen LogP contribution >= 0.6 is 11.5 Å². The molecule has 0 spiro atoms. The molecule has 0 fully saturated rings. The maximum Gasteiger partial charge on any atom is 0.0837 e. The van der Waals surface area contributed by atoms with Gasteiger partial charge in [-0.2, -0.15) is 0 Å². The summed E-state index contributed by atoms with van der Waals surface area (Å²) >= 11 is 1.41. The molecule has 1 aromatic carbocycles. The van der Waals surface area contributed by atoms with Crippen molar-refractivity contribution in [3.63, 3.8) is 0 Å². The highest BCUT2D eigenvalue weighted by atomic mass is 32.1. The first-order chi connectivity index (χ1) is 9.17. The molecule has 1 heterocycles. The summed E-state index contributed by atoms with van der Waals surface area (Å²) in [4.78, 5) is 1.10. The van der Waals surface area contributed by atoms with E-state index in [9.17, 15) is 0 Å². The largest absolute Gasteiger partial charge is 0.271 e. The van der Waals surface area contributed by atoms with Crippen LogP contribution in [0, 0.1) is 0 Å². The van der Waals surface area contributed by atoms with Crippen molar-refractivity contribution in [2.24, 2.45) is 5.84 Å². The molecule has 3 N–H and O–H groups in total. The minimum atomic E-state index is -0.0386. The van der Waals surface area contributed by atoms with Gasteiger partial charge < -0.3 is 0 Å². The summed E-state index contributed by atoms with van der Waals surface area (Å²) in [5.74, 6) is 6.08. The van der Waals surface area contributed by atoms with Gasteiger partial charge in [0.1, 0.15) is 0 Å². The van der Waals surface area contributed by atoms with E-state index in [1.807, 2.05) is 0 Å². The van der Waals surface area contributed by atoms with Gasteiger partial charge >= 0.3 is 0 Å². The van der Waals surface area contributed by atoms with Gasteiger partial charge in [-0.05, 0) is 35.0 Å². The van der Waals surface area contributed by atoms with Crippen molar-refractivity contribution in [2.45, 2.75) is 39.2 Å². The number of nitrogens with two attached hydrogens (primary N) is 1. The Morgan fingerprint density at radius 1 is 1.26 bits per heavy atom. The second kappa shape index (κ2) is 6.23. The average molecular weight is 276 g/mol. The number of aromatic nitrogens is 2. The van der Waals surface area contributed by atoms with Crippen LogP contribution in [0.5, 0.6) is 0 Å². The summed E-state index contributed by atoms with van der Waals surface area (Å²) in [6.45, 7) is 6.39. The van der Waals surface area contributed by atoms with Crippen molar-refractivity contribution in [3.05, 3.63) is 46.0 Å². The summed E-state index contributed by atoms with van der Waals surface area (Å²) < 4.78 is 4.07. The normalized spacial score (nSPS) is 12.9. The van der Waals surface area contributed by atoms with Gasteiger partial charge in [0.15, 0.2) is 0 Å². The summed E-state index contributed by atoms with van der Waals surface area (Å²) in [5, 5.41) is 4.22. The predicted octanol–water partition coefficient (Wildman–Crippen LogP) is 2.78. The lowest BCUT2D eigenvalue weighted by Gasteiger charge is -2.17. The zero-order chi connectivity index (χ0) is 13.8. The molecule has 1 unspecified atom stereocenters. The lowest BCUT2D eigenvalue weighted by atomic mass is 9.99. The van der Waals surface area contributed by atoms with E-state index in [1.54, 1.807) is 0 Å². The molecule has 5 heteroatoms. The van der Waals surface area contributed by atoms with E-state index >= 15 is 0 Å². The first kappa shape index (κ1) is 14.1. The highest BCUT2D eigenvalue weighted by Gasteiger charge is 2.21. The molecule has 0 aliphatic heterocycles. The smallest absolute Gasteiger partial charge is 0.0837 e. The Morgan fingerprint density at radius 3 is 2.47 bits per heavy atom. The van der Waals surface area contributed by atoms with Gasteiger partial charge in [0.2, 0.25) is 0 Å². The van der Waals surface area contributed by atoms with Crippen LogP contribution in [0.4, 0.5) is 0 Å². The number of hydrogen-bond acceptors (Lipinski definition) is 5. The quantitative estimate of drug-likeness (QED) is 0.651. The molecule has 0 bridgehead atoms. The van der Waals surface area contributed by atoms with Crippen molar-refractivity contribution < 1.29 is 0 Å². The zero-order valence-electron chi connectivity index (χ0n) is 11.6. The molecule has 0 radical (unpaired) electrons. The number of hydrogen-bond donors (Lipinski definition) is 2. The Labute approximate surface area is 118 Å². The van der Waals surface area contributed by atoms with Crippen molar-refractivity contribution in [1.82, 2.24) is 15.0 Å². The molecule has 1 aromatic heterocycles. The molecule has 4 nitrogen and oxygen atoms in total. The van der Waals surface area contributed by atoms with Crippen LogP contribution in [0.2, 0.25) is 0 Å². The van der Waals surface area contributed by atoms with Crippen LogP contribution in [-0.4, -0.2) is 9.59 Å². The second-order valence-corrected chi connectivity index (χ2v) is 5.66. The lowest BCUT2D eigenvalue weighted by molar-refractivity contribution is 0.631. The first-order valence-electron chi connectivity index (χ1n) is 6.54. The molecule has 0 aliphatic carbocycles.